The van der Waals surface area contributed by atoms with Crippen LogP contribution in [-0.4, -0.2) is 52.7 Å². The van der Waals surface area contributed by atoms with Gasteiger partial charge in [0.15, 0.2) is 0 Å². The van der Waals surface area contributed by atoms with Crippen LogP contribution < -0.4 is 5.32 Å². The van der Waals surface area contributed by atoms with Crippen molar-refractivity contribution in [1.29, 1.82) is 0 Å². The van der Waals surface area contributed by atoms with Crippen molar-refractivity contribution >= 4 is 18.0 Å². The number of amides is 2. The number of carbonyl (C=O) groups excluding carboxylic acids is 1. The molecular formula is C13H24N2O5. The van der Waals surface area contributed by atoms with E-state index in [1.807, 2.05) is 6.92 Å². The number of urea groups is 1. The molecule has 0 aliphatic carbocycles. The van der Waals surface area contributed by atoms with Gasteiger partial charge in [0.05, 0.1) is 0 Å². The number of nitrogens with one attached hydrogen (secondary N) is 1. The van der Waals surface area contributed by atoms with E-state index in [4.69, 9.17) is 10.2 Å². The quantitative estimate of drug-likeness (QED) is 0.563. The topological polar surface area (TPSA) is 107 Å². The summed E-state index contributed by atoms with van der Waals surface area (Å²) >= 11 is 0. The fourth-order valence-electron chi connectivity index (χ4n) is 1.81. The maximum atomic E-state index is 11.8. The van der Waals surface area contributed by atoms with Crippen molar-refractivity contribution in [2.45, 2.75) is 39.5 Å². The van der Waals surface area contributed by atoms with Gasteiger partial charge in [0.1, 0.15) is 13.1 Å². The molecule has 1 atom stereocenters. The first-order valence-electron chi connectivity index (χ1n) is 6.87. The molecule has 0 saturated carbocycles. The van der Waals surface area contributed by atoms with E-state index in [1.54, 1.807) is 0 Å². The summed E-state index contributed by atoms with van der Waals surface area (Å²) in [5.41, 5.74) is 0. The van der Waals surface area contributed by atoms with Crippen LogP contribution in [0.5, 0.6) is 0 Å². The highest BCUT2D eigenvalue weighted by atomic mass is 16.4. The third-order valence-electron chi connectivity index (χ3n) is 3.02. The molecule has 3 N–H and O–H groups in total. The normalized spacial score (nSPS) is 11.7. The van der Waals surface area contributed by atoms with Gasteiger partial charge in [0.2, 0.25) is 0 Å². The van der Waals surface area contributed by atoms with Crippen LogP contribution in [0.25, 0.3) is 0 Å². The fourth-order valence-corrected chi connectivity index (χ4v) is 1.81. The van der Waals surface area contributed by atoms with E-state index in [0.717, 1.165) is 30.6 Å². The van der Waals surface area contributed by atoms with Crippen LogP contribution in [-0.2, 0) is 9.59 Å². The van der Waals surface area contributed by atoms with Gasteiger partial charge in [-0.25, -0.2) is 4.79 Å². The highest BCUT2D eigenvalue weighted by Crippen LogP contribution is 2.11. The predicted molar refractivity (Wildman–Crippen MR) is 73.5 cm³/mol. The van der Waals surface area contributed by atoms with Gasteiger partial charge in [0, 0.05) is 6.54 Å². The van der Waals surface area contributed by atoms with Gasteiger partial charge in [-0.1, -0.05) is 33.1 Å². The van der Waals surface area contributed by atoms with Crippen molar-refractivity contribution in [2.75, 3.05) is 19.6 Å². The van der Waals surface area contributed by atoms with Gasteiger partial charge in [0.25, 0.3) is 0 Å². The summed E-state index contributed by atoms with van der Waals surface area (Å²) in [6, 6.07) is -0.648. The minimum Gasteiger partial charge on any atom is -0.480 e. The van der Waals surface area contributed by atoms with Gasteiger partial charge in [-0.2, -0.15) is 0 Å². The van der Waals surface area contributed by atoms with Crippen LogP contribution in [0.3, 0.4) is 0 Å². The molecule has 0 rings (SSSR count). The average molecular weight is 288 g/mol. The summed E-state index contributed by atoms with van der Waals surface area (Å²) in [5, 5.41) is 20.0. The number of carboxylic acid groups (broad SMARTS) is 2. The number of hydrogen-bond donors (Lipinski definition) is 3. The first kappa shape index (κ1) is 18.2. The van der Waals surface area contributed by atoms with Crippen molar-refractivity contribution in [2.24, 2.45) is 5.92 Å². The summed E-state index contributed by atoms with van der Waals surface area (Å²) in [7, 11) is 0. The van der Waals surface area contributed by atoms with Gasteiger partial charge in [-0.15, -0.1) is 0 Å². The van der Waals surface area contributed by atoms with Crippen LogP contribution >= 0.6 is 0 Å². The van der Waals surface area contributed by atoms with Gasteiger partial charge in [-0.3, -0.25) is 9.59 Å². The molecule has 1 unspecified atom stereocenters. The second-order valence-corrected chi connectivity index (χ2v) is 4.75. The lowest BCUT2D eigenvalue weighted by atomic mass is 9.99. The Bertz CT molecular complexity index is 317. The zero-order valence-corrected chi connectivity index (χ0v) is 12.1. The summed E-state index contributed by atoms with van der Waals surface area (Å²) in [6.07, 6.45) is 4.06. The van der Waals surface area contributed by atoms with Gasteiger partial charge in [-0.05, 0) is 12.3 Å². The molecule has 0 heterocycles. The first-order chi connectivity index (χ1) is 9.40. The Morgan fingerprint density at radius 1 is 1.10 bits per heavy atom. The van der Waals surface area contributed by atoms with E-state index in [2.05, 4.69) is 12.2 Å². The lowest BCUT2D eigenvalue weighted by Crippen LogP contribution is -2.46. The molecule has 0 radical (unpaired) electrons. The second-order valence-electron chi connectivity index (χ2n) is 4.75. The number of nitrogens with zero attached hydrogens (tertiary/aromatic N) is 1. The molecule has 0 aromatic heterocycles. The summed E-state index contributed by atoms with van der Waals surface area (Å²) in [4.78, 5) is 33.8. The molecular weight excluding hydrogens is 264 g/mol. The van der Waals surface area contributed by atoms with Crippen molar-refractivity contribution in [3.63, 3.8) is 0 Å². The third kappa shape index (κ3) is 8.34. The lowest BCUT2D eigenvalue weighted by Gasteiger charge is -2.21. The number of carbonyl (C=O) groups is 3. The zero-order valence-electron chi connectivity index (χ0n) is 12.1. The molecule has 20 heavy (non-hydrogen) atoms. The van der Waals surface area contributed by atoms with Gasteiger partial charge < -0.3 is 20.4 Å². The van der Waals surface area contributed by atoms with E-state index in [-0.39, 0.29) is 0 Å². The number of rotatable bonds is 10. The van der Waals surface area contributed by atoms with Crippen LogP contribution in [0.4, 0.5) is 4.79 Å². The summed E-state index contributed by atoms with van der Waals surface area (Å²) < 4.78 is 0. The number of unbranched alkanes of at least 4 members (excludes halogenated alkanes) is 1. The van der Waals surface area contributed by atoms with Crippen molar-refractivity contribution in [3.05, 3.63) is 0 Å². The van der Waals surface area contributed by atoms with E-state index < -0.39 is 31.1 Å². The monoisotopic (exact) mass is 288 g/mol. The molecule has 0 aliphatic rings. The SMILES string of the molecule is CCCCC(CC)CNC(=O)N(CC(=O)O)CC(=O)O. The van der Waals surface area contributed by atoms with E-state index in [9.17, 15) is 14.4 Å². The molecule has 0 spiro atoms. The molecule has 0 bridgehead atoms. The summed E-state index contributed by atoms with van der Waals surface area (Å²) in [6.45, 7) is 3.31. The van der Waals surface area contributed by atoms with Crippen molar-refractivity contribution in [3.8, 4) is 0 Å². The summed E-state index contributed by atoms with van der Waals surface area (Å²) in [5.74, 6) is -2.14. The molecule has 116 valence electrons. The van der Waals surface area contributed by atoms with Crippen LogP contribution in [0.1, 0.15) is 39.5 Å². The molecule has 0 fully saturated rings. The second kappa shape index (κ2) is 10.1. The Labute approximate surface area is 119 Å². The number of aliphatic carboxylic acids is 2. The number of carboxylic acids is 2. The Balaban J connectivity index is 4.35. The number of hydrogen-bond acceptors (Lipinski definition) is 3. The highest BCUT2D eigenvalue weighted by molar-refractivity contribution is 5.84. The van der Waals surface area contributed by atoms with E-state index >= 15 is 0 Å². The molecule has 0 aromatic rings. The smallest absolute Gasteiger partial charge is 0.323 e. The minimum atomic E-state index is -1.24. The van der Waals surface area contributed by atoms with E-state index in [1.165, 1.54) is 0 Å². The zero-order chi connectivity index (χ0) is 15.5. The van der Waals surface area contributed by atoms with Crippen LogP contribution in [0, 0.1) is 5.92 Å². The van der Waals surface area contributed by atoms with Crippen LogP contribution in [0.15, 0.2) is 0 Å². The standard InChI is InChI=1S/C13H24N2O5/c1-3-5-6-10(4-2)7-14-13(20)15(8-11(16)17)9-12(18)19/h10H,3-9H2,1-2H3,(H,14,20)(H,16,17)(H,18,19). The highest BCUT2D eigenvalue weighted by Gasteiger charge is 2.20. The molecule has 0 aromatic carbocycles. The van der Waals surface area contributed by atoms with Crippen molar-refractivity contribution in [1.82, 2.24) is 10.2 Å². The Morgan fingerprint density at radius 2 is 1.65 bits per heavy atom. The first-order valence-corrected chi connectivity index (χ1v) is 6.87. The minimum absolute atomic E-state index is 0.329. The average Bonchev–Trinajstić information content (AvgIpc) is 2.36. The van der Waals surface area contributed by atoms with Crippen LogP contribution in [0.2, 0.25) is 0 Å². The Morgan fingerprint density at radius 3 is 2.05 bits per heavy atom. The van der Waals surface area contributed by atoms with E-state index in [0.29, 0.717) is 12.5 Å². The van der Waals surface area contributed by atoms with Crippen molar-refractivity contribution < 1.29 is 24.6 Å². The molecule has 7 nitrogen and oxygen atoms in total. The lowest BCUT2D eigenvalue weighted by molar-refractivity contribution is -0.140. The molecule has 2 amide bonds. The fraction of sp³-hybridized carbons (Fsp3) is 0.769. The molecule has 0 saturated heterocycles. The third-order valence-corrected chi connectivity index (χ3v) is 3.02. The maximum Gasteiger partial charge on any atom is 0.323 e. The Hall–Kier alpha value is -1.79. The molecule has 0 aliphatic heterocycles. The Kier molecular flexibility index (Phi) is 9.15. The maximum absolute atomic E-state index is 11.8. The van der Waals surface area contributed by atoms with Gasteiger partial charge >= 0.3 is 18.0 Å². The predicted octanol–water partition coefficient (Wildman–Crippen LogP) is 1.38. The molecule has 7 heteroatoms. The largest absolute Gasteiger partial charge is 0.480 e.